The fourth-order valence-corrected chi connectivity index (χ4v) is 2.56. The Bertz CT molecular complexity index is 379. The zero-order valence-corrected chi connectivity index (χ0v) is 11.2. The molecule has 1 aliphatic rings. The van der Waals surface area contributed by atoms with Crippen molar-refractivity contribution in [3.63, 3.8) is 0 Å². The van der Waals surface area contributed by atoms with Gasteiger partial charge < -0.3 is 9.47 Å². The first kappa shape index (κ1) is 14.8. The number of ether oxygens (including phenoxy) is 2. The normalized spacial score (nSPS) is 30.6. The molecule has 18 heavy (non-hydrogen) atoms. The Labute approximate surface area is 111 Å². The second-order valence-electron chi connectivity index (χ2n) is 4.60. The number of carbonyl (C=O) groups is 2. The Hall–Kier alpha value is -1.28. The third-order valence-corrected chi connectivity index (χ3v) is 3.70. The van der Waals surface area contributed by atoms with Crippen molar-refractivity contribution >= 4 is 23.5 Å². The molecule has 0 bridgehead atoms. The number of halogens is 1. The standard InChI is InChI=1S/C12H16ClNO4/c1-8-3-9(6-18-10(15)5-13)4-12(8,7-14)11(16)17-2/h8-9H,3-6H2,1-2H3/t8-,9?,12?/m0/s1. The van der Waals surface area contributed by atoms with Crippen molar-refractivity contribution in [3.8, 4) is 6.07 Å². The molecule has 0 amide bonds. The second-order valence-corrected chi connectivity index (χ2v) is 4.87. The Balaban J connectivity index is 2.68. The maximum atomic E-state index is 11.7. The molecule has 3 atom stereocenters. The van der Waals surface area contributed by atoms with E-state index in [-0.39, 0.29) is 24.3 Å². The molecule has 0 radical (unpaired) electrons. The average Bonchev–Trinajstić information content (AvgIpc) is 2.72. The lowest BCUT2D eigenvalue weighted by molar-refractivity contribution is -0.151. The zero-order chi connectivity index (χ0) is 13.8. The van der Waals surface area contributed by atoms with Crippen molar-refractivity contribution in [1.29, 1.82) is 5.26 Å². The van der Waals surface area contributed by atoms with E-state index in [1.54, 1.807) is 0 Å². The third kappa shape index (κ3) is 2.75. The maximum absolute atomic E-state index is 11.7. The number of esters is 2. The van der Waals surface area contributed by atoms with Crippen LogP contribution in [0.2, 0.25) is 0 Å². The monoisotopic (exact) mass is 273 g/mol. The minimum atomic E-state index is -1.12. The molecule has 100 valence electrons. The van der Waals surface area contributed by atoms with Gasteiger partial charge in [0.05, 0.1) is 19.8 Å². The summed E-state index contributed by atoms with van der Waals surface area (Å²) in [7, 11) is 1.27. The summed E-state index contributed by atoms with van der Waals surface area (Å²) in [6.45, 7) is 2.03. The fraction of sp³-hybridized carbons (Fsp3) is 0.750. The average molecular weight is 274 g/mol. The number of rotatable bonds is 4. The van der Waals surface area contributed by atoms with Gasteiger partial charge in [-0.15, -0.1) is 11.6 Å². The summed E-state index contributed by atoms with van der Waals surface area (Å²) in [6.07, 6.45) is 1.01. The minimum absolute atomic E-state index is 0.00841. The van der Waals surface area contributed by atoms with Crippen molar-refractivity contribution in [2.75, 3.05) is 19.6 Å². The summed E-state index contributed by atoms with van der Waals surface area (Å²) in [4.78, 5) is 22.7. The fourth-order valence-electron chi connectivity index (χ4n) is 2.49. The molecule has 0 aliphatic heterocycles. The van der Waals surface area contributed by atoms with Crippen molar-refractivity contribution in [1.82, 2.24) is 0 Å². The molecule has 0 N–H and O–H groups in total. The van der Waals surface area contributed by atoms with Crippen LogP contribution in [0.1, 0.15) is 19.8 Å². The third-order valence-electron chi connectivity index (χ3n) is 3.48. The minimum Gasteiger partial charge on any atom is -0.468 e. The Kier molecular flexibility index (Phi) is 4.97. The van der Waals surface area contributed by atoms with Crippen LogP contribution in [0.15, 0.2) is 0 Å². The van der Waals surface area contributed by atoms with Crippen LogP contribution >= 0.6 is 11.6 Å². The lowest BCUT2D eigenvalue weighted by Crippen LogP contribution is -2.33. The van der Waals surface area contributed by atoms with Crippen LogP contribution in [-0.4, -0.2) is 31.5 Å². The Morgan fingerprint density at radius 1 is 1.56 bits per heavy atom. The number of hydrogen-bond donors (Lipinski definition) is 0. The maximum Gasteiger partial charge on any atom is 0.326 e. The van der Waals surface area contributed by atoms with Crippen LogP contribution in [0.4, 0.5) is 0 Å². The molecule has 0 heterocycles. The van der Waals surface area contributed by atoms with E-state index in [0.29, 0.717) is 12.8 Å². The van der Waals surface area contributed by atoms with Gasteiger partial charge in [-0.1, -0.05) is 6.92 Å². The number of nitrogens with zero attached hydrogens (tertiary/aromatic N) is 1. The predicted octanol–water partition coefficient (Wildman–Crippen LogP) is 1.50. The number of hydrogen-bond acceptors (Lipinski definition) is 5. The molecular weight excluding hydrogens is 258 g/mol. The van der Waals surface area contributed by atoms with Gasteiger partial charge in [0, 0.05) is 0 Å². The summed E-state index contributed by atoms with van der Waals surface area (Å²) < 4.78 is 9.65. The highest BCUT2D eigenvalue weighted by Crippen LogP contribution is 2.47. The molecule has 1 rings (SSSR count). The highest BCUT2D eigenvalue weighted by molar-refractivity contribution is 6.26. The van der Waals surface area contributed by atoms with E-state index in [1.165, 1.54) is 7.11 Å². The summed E-state index contributed by atoms with van der Waals surface area (Å²) >= 11 is 5.32. The van der Waals surface area contributed by atoms with E-state index in [4.69, 9.17) is 21.1 Å². The second kappa shape index (κ2) is 6.05. The summed E-state index contributed by atoms with van der Waals surface area (Å²) in [5, 5.41) is 9.25. The largest absolute Gasteiger partial charge is 0.468 e. The molecule has 5 nitrogen and oxygen atoms in total. The van der Waals surface area contributed by atoms with Crippen molar-refractivity contribution in [2.45, 2.75) is 19.8 Å². The number of carbonyl (C=O) groups excluding carboxylic acids is 2. The van der Waals surface area contributed by atoms with E-state index in [9.17, 15) is 14.9 Å². The number of alkyl halides is 1. The van der Waals surface area contributed by atoms with Crippen molar-refractivity contribution < 1.29 is 19.1 Å². The Morgan fingerprint density at radius 2 is 2.22 bits per heavy atom. The van der Waals surface area contributed by atoms with Gasteiger partial charge in [-0.2, -0.15) is 5.26 Å². The smallest absolute Gasteiger partial charge is 0.326 e. The van der Waals surface area contributed by atoms with Gasteiger partial charge in [-0.3, -0.25) is 9.59 Å². The number of methoxy groups -OCH3 is 1. The van der Waals surface area contributed by atoms with Crippen LogP contribution in [-0.2, 0) is 19.1 Å². The van der Waals surface area contributed by atoms with Crippen LogP contribution in [0.3, 0.4) is 0 Å². The highest BCUT2D eigenvalue weighted by Gasteiger charge is 2.52. The molecule has 1 fully saturated rings. The van der Waals surface area contributed by atoms with Gasteiger partial charge in [0.25, 0.3) is 0 Å². The van der Waals surface area contributed by atoms with E-state index < -0.39 is 17.4 Å². The van der Waals surface area contributed by atoms with Gasteiger partial charge in [0.15, 0.2) is 5.41 Å². The highest BCUT2D eigenvalue weighted by atomic mass is 35.5. The zero-order valence-electron chi connectivity index (χ0n) is 10.4. The molecule has 6 heteroatoms. The van der Waals surface area contributed by atoms with Crippen LogP contribution in [0.5, 0.6) is 0 Å². The van der Waals surface area contributed by atoms with Gasteiger partial charge in [-0.25, -0.2) is 0 Å². The predicted molar refractivity (Wildman–Crippen MR) is 63.6 cm³/mol. The van der Waals surface area contributed by atoms with E-state index >= 15 is 0 Å². The van der Waals surface area contributed by atoms with E-state index in [0.717, 1.165) is 0 Å². The first-order valence-corrected chi connectivity index (χ1v) is 6.24. The van der Waals surface area contributed by atoms with E-state index in [1.807, 2.05) is 6.92 Å². The molecule has 0 spiro atoms. The molecular formula is C12H16ClNO4. The molecule has 0 aromatic carbocycles. The summed E-state index contributed by atoms with van der Waals surface area (Å²) in [6, 6.07) is 2.07. The molecule has 1 saturated carbocycles. The molecule has 0 aromatic heterocycles. The molecule has 0 aromatic rings. The van der Waals surface area contributed by atoms with Crippen molar-refractivity contribution in [3.05, 3.63) is 0 Å². The van der Waals surface area contributed by atoms with Crippen LogP contribution in [0, 0.1) is 28.6 Å². The van der Waals surface area contributed by atoms with Crippen molar-refractivity contribution in [2.24, 2.45) is 17.3 Å². The van der Waals surface area contributed by atoms with Crippen LogP contribution < -0.4 is 0 Å². The van der Waals surface area contributed by atoms with E-state index in [2.05, 4.69) is 6.07 Å². The van der Waals surface area contributed by atoms with Gasteiger partial charge in [-0.05, 0) is 24.7 Å². The van der Waals surface area contributed by atoms with Gasteiger partial charge in [0.2, 0.25) is 0 Å². The molecule has 2 unspecified atom stereocenters. The Morgan fingerprint density at radius 3 is 2.72 bits per heavy atom. The summed E-state index contributed by atoms with van der Waals surface area (Å²) in [5.74, 6) is -1.32. The van der Waals surface area contributed by atoms with Crippen LogP contribution in [0.25, 0.3) is 0 Å². The summed E-state index contributed by atoms with van der Waals surface area (Å²) in [5.41, 5.74) is -1.12. The quantitative estimate of drug-likeness (QED) is 0.573. The lowest BCUT2D eigenvalue weighted by Gasteiger charge is -2.22. The first-order valence-electron chi connectivity index (χ1n) is 5.71. The molecule has 0 saturated heterocycles. The SMILES string of the molecule is COC(=O)C1(C#N)CC(COC(=O)CCl)C[C@@H]1C. The molecule has 1 aliphatic carbocycles. The first-order chi connectivity index (χ1) is 8.50. The van der Waals surface area contributed by atoms with Gasteiger partial charge in [0.1, 0.15) is 5.88 Å². The topological polar surface area (TPSA) is 76.4 Å². The van der Waals surface area contributed by atoms with Gasteiger partial charge >= 0.3 is 11.9 Å². The lowest BCUT2D eigenvalue weighted by atomic mass is 9.80. The number of nitriles is 1.